The summed E-state index contributed by atoms with van der Waals surface area (Å²) in [7, 11) is 0. The summed E-state index contributed by atoms with van der Waals surface area (Å²) < 4.78 is 0. The molecule has 1 aliphatic heterocycles. The fraction of sp³-hybridized carbons (Fsp3) is 0.364. The summed E-state index contributed by atoms with van der Waals surface area (Å²) in [5, 5.41) is 12.2. The minimum atomic E-state index is -0.772. The molecule has 4 N–H and O–H groups in total. The van der Waals surface area contributed by atoms with Gasteiger partial charge in [0, 0.05) is 25.3 Å². The summed E-state index contributed by atoms with van der Waals surface area (Å²) >= 11 is 0. The Labute approximate surface area is 118 Å². The lowest BCUT2D eigenvalue weighted by atomic mass is 10.1. The van der Waals surface area contributed by atoms with Gasteiger partial charge in [-0.25, -0.2) is 4.79 Å². The van der Waals surface area contributed by atoms with Gasteiger partial charge in [0.05, 0.1) is 0 Å². The molecule has 5 nitrogen and oxygen atoms in total. The average molecular weight is 297 g/mol. The van der Waals surface area contributed by atoms with Gasteiger partial charge in [0.2, 0.25) is 0 Å². The zero-order chi connectivity index (χ0) is 10.7. The topological polar surface area (TPSA) is 84.1 Å². The fourth-order valence-electron chi connectivity index (χ4n) is 1.85. The molecule has 1 atom stereocenters. The number of nitrogens with zero attached hydrogens (tertiary/aromatic N) is 1. The van der Waals surface area contributed by atoms with Gasteiger partial charge in [-0.2, -0.15) is 0 Å². The summed E-state index contributed by atoms with van der Waals surface area (Å²) in [6.45, 7) is 2.07. The molecule has 0 radical (unpaired) electrons. The minimum absolute atomic E-state index is 0. The van der Waals surface area contributed by atoms with Gasteiger partial charge in [-0.05, 0) is 12.1 Å². The van der Waals surface area contributed by atoms with Crippen molar-refractivity contribution in [2.75, 3.05) is 24.5 Å². The Morgan fingerprint density at radius 2 is 1.89 bits per heavy atom. The third kappa shape index (κ3) is 4.34. The van der Waals surface area contributed by atoms with Crippen LogP contribution in [0.15, 0.2) is 30.3 Å². The third-order valence-electron chi connectivity index (χ3n) is 2.62. The van der Waals surface area contributed by atoms with E-state index in [4.69, 9.17) is 5.11 Å². The molecule has 0 saturated carbocycles. The van der Waals surface area contributed by atoms with Gasteiger partial charge in [0.15, 0.2) is 0 Å². The van der Waals surface area contributed by atoms with E-state index in [0.717, 1.165) is 18.8 Å². The van der Waals surface area contributed by atoms with Crippen LogP contribution in [0, 0.1) is 0 Å². The van der Waals surface area contributed by atoms with Crippen LogP contribution in [0.4, 0.5) is 5.69 Å². The van der Waals surface area contributed by atoms with Gasteiger partial charge >= 0.3 is 5.97 Å². The molecule has 0 spiro atoms. The molecule has 0 amide bonds. The van der Waals surface area contributed by atoms with E-state index in [1.54, 1.807) is 0 Å². The standard InChI is InChI=1S/C11H14N2O2.2ClH.H2O/c14-11(15)10-8-12-6-7-13(10)9-4-2-1-3-5-9;;;/h1-5,10,12H,6-8H2,(H,14,15);2*1H;1H2. The van der Waals surface area contributed by atoms with Crippen molar-refractivity contribution in [3.8, 4) is 0 Å². The number of aliphatic carboxylic acids is 1. The first-order chi connectivity index (χ1) is 7.29. The molecule has 1 aromatic carbocycles. The van der Waals surface area contributed by atoms with Gasteiger partial charge in [-0.1, -0.05) is 18.2 Å². The molecule has 0 aromatic heterocycles. The molecule has 104 valence electrons. The number of para-hydroxylation sites is 1. The first-order valence-electron chi connectivity index (χ1n) is 5.04. The van der Waals surface area contributed by atoms with E-state index in [1.165, 1.54) is 0 Å². The summed E-state index contributed by atoms with van der Waals surface area (Å²) in [6, 6.07) is 9.22. The second-order valence-corrected chi connectivity index (χ2v) is 3.59. The van der Waals surface area contributed by atoms with Crippen molar-refractivity contribution >= 4 is 36.5 Å². The van der Waals surface area contributed by atoms with Crippen LogP contribution in [0.2, 0.25) is 0 Å². The van der Waals surface area contributed by atoms with Crippen LogP contribution in [-0.2, 0) is 4.79 Å². The quantitative estimate of drug-likeness (QED) is 0.836. The number of hydrogen-bond donors (Lipinski definition) is 2. The molecular formula is C11H18Cl2N2O3. The predicted molar refractivity (Wildman–Crippen MR) is 76.2 cm³/mol. The SMILES string of the molecule is Cl.Cl.O.O=C(O)C1CNCCN1c1ccccc1. The summed E-state index contributed by atoms with van der Waals surface area (Å²) in [6.07, 6.45) is 0. The Kier molecular flexibility index (Phi) is 9.66. The van der Waals surface area contributed by atoms with Crippen LogP contribution in [0.3, 0.4) is 0 Å². The van der Waals surface area contributed by atoms with Gasteiger partial charge in [0.1, 0.15) is 6.04 Å². The van der Waals surface area contributed by atoms with Crippen molar-refractivity contribution in [2.24, 2.45) is 0 Å². The minimum Gasteiger partial charge on any atom is -0.480 e. The first-order valence-corrected chi connectivity index (χ1v) is 5.04. The zero-order valence-electron chi connectivity index (χ0n) is 9.70. The number of anilines is 1. The second-order valence-electron chi connectivity index (χ2n) is 3.59. The monoisotopic (exact) mass is 296 g/mol. The molecule has 18 heavy (non-hydrogen) atoms. The van der Waals surface area contributed by atoms with E-state index in [9.17, 15) is 4.79 Å². The number of halogens is 2. The van der Waals surface area contributed by atoms with Crippen molar-refractivity contribution in [1.82, 2.24) is 5.32 Å². The highest BCUT2D eigenvalue weighted by Crippen LogP contribution is 2.17. The molecule has 1 fully saturated rings. The Morgan fingerprint density at radius 1 is 1.28 bits per heavy atom. The van der Waals surface area contributed by atoms with Crippen LogP contribution < -0.4 is 10.2 Å². The molecule has 1 unspecified atom stereocenters. The van der Waals surface area contributed by atoms with Crippen LogP contribution in [0.25, 0.3) is 0 Å². The Balaban J connectivity index is 0. The highest BCUT2D eigenvalue weighted by Gasteiger charge is 2.28. The van der Waals surface area contributed by atoms with Crippen molar-refractivity contribution in [1.29, 1.82) is 0 Å². The van der Waals surface area contributed by atoms with Gasteiger partial charge in [0.25, 0.3) is 0 Å². The number of piperazine rings is 1. The Bertz CT molecular complexity index is 351. The maximum absolute atomic E-state index is 11.1. The van der Waals surface area contributed by atoms with Crippen LogP contribution in [-0.4, -0.2) is 42.2 Å². The second kappa shape index (κ2) is 8.99. The molecule has 1 aliphatic rings. The third-order valence-corrected chi connectivity index (χ3v) is 2.62. The molecule has 1 aromatic rings. The summed E-state index contributed by atoms with van der Waals surface area (Å²) in [5.41, 5.74) is 0.978. The average Bonchev–Trinajstić information content (AvgIpc) is 2.30. The molecule has 1 heterocycles. The fourth-order valence-corrected chi connectivity index (χ4v) is 1.85. The predicted octanol–water partition coefficient (Wildman–Crippen LogP) is 0.568. The summed E-state index contributed by atoms with van der Waals surface area (Å²) in [5.74, 6) is -0.772. The van der Waals surface area contributed by atoms with Crippen molar-refractivity contribution in [3.63, 3.8) is 0 Å². The lowest BCUT2D eigenvalue weighted by molar-refractivity contribution is -0.138. The molecular weight excluding hydrogens is 279 g/mol. The van der Waals surface area contributed by atoms with E-state index in [2.05, 4.69) is 5.32 Å². The van der Waals surface area contributed by atoms with Gasteiger partial charge in [-0.3, -0.25) is 0 Å². The number of rotatable bonds is 2. The number of hydrogen-bond acceptors (Lipinski definition) is 3. The molecule has 0 bridgehead atoms. The zero-order valence-corrected chi connectivity index (χ0v) is 11.3. The first kappa shape index (κ1) is 19.3. The molecule has 0 aliphatic carbocycles. The van der Waals surface area contributed by atoms with E-state index in [1.807, 2.05) is 35.2 Å². The number of nitrogens with one attached hydrogen (secondary N) is 1. The summed E-state index contributed by atoms with van der Waals surface area (Å²) in [4.78, 5) is 13.0. The van der Waals surface area contributed by atoms with E-state index >= 15 is 0 Å². The number of carboxylic acid groups (broad SMARTS) is 1. The van der Waals surface area contributed by atoms with Crippen molar-refractivity contribution in [3.05, 3.63) is 30.3 Å². The molecule has 7 heteroatoms. The lowest BCUT2D eigenvalue weighted by Crippen LogP contribution is -2.55. The Hall–Kier alpha value is -1.01. The normalized spacial score (nSPS) is 17.8. The maximum Gasteiger partial charge on any atom is 0.327 e. The van der Waals surface area contributed by atoms with Crippen LogP contribution in [0.1, 0.15) is 0 Å². The molecule has 1 saturated heterocycles. The van der Waals surface area contributed by atoms with Crippen molar-refractivity contribution in [2.45, 2.75) is 6.04 Å². The highest BCUT2D eigenvalue weighted by atomic mass is 35.5. The van der Waals surface area contributed by atoms with E-state index < -0.39 is 12.0 Å². The van der Waals surface area contributed by atoms with Gasteiger partial charge in [-0.15, -0.1) is 24.8 Å². The smallest absolute Gasteiger partial charge is 0.327 e. The lowest BCUT2D eigenvalue weighted by Gasteiger charge is -2.35. The highest BCUT2D eigenvalue weighted by molar-refractivity contribution is 5.85. The number of carboxylic acids is 1. The van der Waals surface area contributed by atoms with Crippen LogP contribution >= 0.6 is 24.8 Å². The largest absolute Gasteiger partial charge is 0.480 e. The van der Waals surface area contributed by atoms with E-state index in [-0.39, 0.29) is 30.3 Å². The molecule has 2 rings (SSSR count). The Morgan fingerprint density at radius 3 is 2.44 bits per heavy atom. The van der Waals surface area contributed by atoms with Crippen LogP contribution in [0.5, 0.6) is 0 Å². The maximum atomic E-state index is 11.1. The number of carbonyl (C=O) groups is 1. The number of benzene rings is 1. The van der Waals surface area contributed by atoms with E-state index in [0.29, 0.717) is 6.54 Å². The van der Waals surface area contributed by atoms with Gasteiger partial charge < -0.3 is 20.8 Å². The van der Waals surface area contributed by atoms with Crippen molar-refractivity contribution < 1.29 is 15.4 Å².